The van der Waals surface area contributed by atoms with Crippen LogP contribution in [0.15, 0.2) is 95.9 Å². The average molecular weight is 585 g/mol. The maximum atomic E-state index is 13.1. The summed E-state index contributed by atoms with van der Waals surface area (Å²) < 4.78 is 31.5. The predicted octanol–water partition coefficient (Wildman–Crippen LogP) is 4.91. The van der Waals surface area contributed by atoms with Crippen molar-refractivity contribution in [2.24, 2.45) is 0 Å². The highest BCUT2D eigenvalue weighted by atomic mass is 32.2. The highest BCUT2D eigenvalue weighted by Crippen LogP contribution is 2.26. The first-order valence-corrected chi connectivity index (χ1v) is 15.0. The van der Waals surface area contributed by atoms with Crippen molar-refractivity contribution in [3.63, 3.8) is 0 Å². The summed E-state index contributed by atoms with van der Waals surface area (Å²) in [5.41, 5.74) is 6.02. The fourth-order valence-corrected chi connectivity index (χ4v) is 5.42. The van der Waals surface area contributed by atoms with Crippen LogP contribution in [0.1, 0.15) is 26.3 Å². The number of nitrogens with zero attached hydrogens (tertiary/aromatic N) is 1. The summed E-state index contributed by atoms with van der Waals surface area (Å²) >= 11 is 0. The Morgan fingerprint density at radius 3 is 1.88 bits per heavy atom. The van der Waals surface area contributed by atoms with E-state index < -0.39 is 10.0 Å². The molecule has 42 heavy (non-hydrogen) atoms. The molecule has 0 aromatic heterocycles. The molecule has 5 rings (SSSR count). The second-order valence-corrected chi connectivity index (χ2v) is 11.8. The predicted molar refractivity (Wildman–Crippen MR) is 165 cm³/mol. The molecule has 0 bridgehead atoms. The van der Waals surface area contributed by atoms with E-state index in [1.54, 1.807) is 18.2 Å². The maximum absolute atomic E-state index is 13.1. The number of anilines is 3. The van der Waals surface area contributed by atoms with E-state index in [0.717, 1.165) is 35.5 Å². The van der Waals surface area contributed by atoms with Crippen LogP contribution in [0, 0.1) is 6.92 Å². The zero-order valence-electron chi connectivity index (χ0n) is 23.4. The van der Waals surface area contributed by atoms with Crippen molar-refractivity contribution in [3.8, 4) is 11.1 Å². The van der Waals surface area contributed by atoms with Gasteiger partial charge in [-0.25, -0.2) is 13.1 Å². The molecule has 216 valence electrons. The van der Waals surface area contributed by atoms with Crippen LogP contribution in [0.3, 0.4) is 0 Å². The number of sulfonamides is 1. The van der Waals surface area contributed by atoms with Crippen molar-refractivity contribution in [2.75, 3.05) is 48.9 Å². The van der Waals surface area contributed by atoms with Crippen molar-refractivity contribution in [1.82, 2.24) is 4.72 Å². The number of nitrogens with one attached hydrogen (secondary N) is 3. The minimum Gasteiger partial charge on any atom is -0.378 e. The molecule has 1 heterocycles. The first-order valence-electron chi connectivity index (χ1n) is 13.5. The zero-order valence-corrected chi connectivity index (χ0v) is 24.2. The number of carbonyl (C=O) groups is 2. The third-order valence-corrected chi connectivity index (χ3v) is 8.58. The third-order valence-electron chi connectivity index (χ3n) is 7.15. The Kier molecular flexibility index (Phi) is 8.67. The molecule has 0 atom stereocenters. The number of benzene rings is 4. The number of rotatable bonds is 8. The highest BCUT2D eigenvalue weighted by Gasteiger charge is 2.15. The highest BCUT2D eigenvalue weighted by molar-refractivity contribution is 7.89. The Balaban J connectivity index is 1.25. The van der Waals surface area contributed by atoms with E-state index in [4.69, 9.17) is 4.74 Å². The molecule has 1 fully saturated rings. The van der Waals surface area contributed by atoms with Crippen LogP contribution in [0.5, 0.6) is 0 Å². The number of hydrogen-bond acceptors (Lipinski definition) is 6. The van der Waals surface area contributed by atoms with E-state index in [1.165, 1.54) is 31.3 Å². The summed E-state index contributed by atoms with van der Waals surface area (Å²) in [6.07, 6.45) is 0. The number of carbonyl (C=O) groups excluding carboxylic acids is 2. The van der Waals surface area contributed by atoms with Crippen LogP contribution in [-0.2, 0) is 14.8 Å². The van der Waals surface area contributed by atoms with Gasteiger partial charge in [0.25, 0.3) is 11.8 Å². The molecule has 1 aliphatic rings. The minimum atomic E-state index is -3.55. The second-order valence-electron chi connectivity index (χ2n) is 9.89. The molecule has 0 spiro atoms. The monoisotopic (exact) mass is 584 g/mol. The Bertz CT molecular complexity index is 1680. The number of aryl methyl sites for hydroxylation is 1. The van der Waals surface area contributed by atoms with Crippen LogP contribution in [0.2, 0.25) is 0 Å². The van der Waals surface area contributed by atoms with Crippen molar-refractivity contribution in [3.05, 3.63) is 108 Å². The smallest absolute Gasteiger partial charge is 0.255 e. The minimum absolute atomic E-state index is 0.111. The third kappa shape index (κ3) is 6.68. The number of morpholine rings is 1. The fourth-order valence-electron chi connectivity index (χ4n) is 4.69. The Morgan fingerprint density at radius 1 is 0.738 bits per heavy atom. The van der Waals surface area contributed by atoms with Crippen molar-refractivity contribution < 1.29 is 22.7 Å². The van der Waals surface area contributed by atoms with Gasteiger partial charge in [0.15, 0.2) is 0 Å². The molecule has 0 unspecified atom stereocenters. The summed E-state index contributed by atoms with van der Waals surface area (Å²) in [4.78, 5) is 28.2. The largest absolute Gasteiger partial charge is 0.378 e. The van der Waals surface area contributed by atoms with Crippen molar-refractivity contribution >= 4 is 38.9 Å². The molecule has 1 aliphatic heterocycles. The molecule has 0 aliphatic carbocycles. The lowest BCUT2D eigenvalue weighted by atomic mass is 9.97. The molecule has 0 radical (unpaired) electrons. The summed E-state index contributed by atoms with van der Waals surface area (Å²) in [5, 5.41) is 5.76. The van der Waals surface area contributed by atoms with Gasteiger partial charge in [-0.05, 0) is 103 Å². The van der Waals surface area contributed by atoms with Crippen LogP contribution in [-0.4, -0.2) is 53.6 Å². The van der Waals surface area contributed by atoms with Gasteiger partial charge >= 0.3 is 0 Å². The zero-order chi connectivity index (χ0) is 29.7. The van der Waals surface area contributed by atoms with Crippen LogP contribution in [0.25, 0.3) is 11.1 Å². The van der Waals surface area contributed by atoms with Gasteiger partial charge in [0.1, 0.15) is 0 Å². The SMILES string of the molecule is CNS(=O)(=O)c1ccc(NC(=O)c2ccc(-c3cc(C(=O)Nc4ccc(N5CCOCC5)cc4)ccc3C)cc2)cc1. The number of hydrogen-bond donors (Lipinski definition) is 3. The lowest BCUT2D eigenvalue weighted by Crippen LogP contribution is -2.36. The topological polar surface area (TPSA) is 117 Å². The van der Waals surface area contributed by atoms with E-state index in [9.17, 15) is 18.0 Å². The molecule has 3 N–H and O–H groups in total. The van der Waals surface area contributed by atoms with Crippen molar-refractivity contribution in [2.45, 2.75) is 11.8 Å². The van der Waals surface area contributed by atoms with E-state index in [2.05, 4.69) is 20.3 Å². The fraction of sp³-hybridized carbons (Fsp3) is 0.188. The Morgan fingerprint density at radius 2 is 1.29 bits per heavy atom. The van der Waals surface area contributed by atoms with Crippen LogP contribution in [0.4, 0.5) is 17.1 Å². The summed E-state index contributed by atoms with van der Waals surface area (Å²) in [6, 6.07) is 26.4. The maximum Gasteiger partial charge on any atom is 0.255 e. The van der Waals surface area contributed by atoms with Crippen LogP contribution >= 0.6 is 0 Å². The quantitative estimate of drug-likeness (QED) is 0.271. The van der Waals surface area contributed by atoms with E-state index in [0.29, 0.717) is 35.7 Å². The molecule has 0 saturated carbocycles. The van der Waals surface area contributed by atoms with E-state index in [-0.39, 0.29) is 16.7 Å². The lowest BCUT2D eigenvalue weighted by molar-refractivity contribution is 0.101. The summed E-state index contributed by atoms with van der Waals surface area (Å²) in [6.45, 7) is 5.10. The molecule has 4 aromatic rings. The summed E-state index contributed by atoms with van der Waals surface area (Å²) in [7, 11) is -2.21. The van der Waals surface area contributed by atoms with Gasteiger partial charge in [0, 0.05) is 41.3 Å². The normalized spacial score (nSPS) is 13.4. The molecule has 1 saturated heterocycles. The van der Waals surface area contributed by atoms with Gasteiger partial charge in [-0.1, -0.05) is 18.2 Å². The Hall–Kier alpha value is -4.51. The number of amides is 2. The molecule has 10 heteroatoms. The number of ether oxygens (including phenoxy) is 1. The van der Waals surface area contributed by atoms with Gasteiger partial charge in [-0.3, -0.25) is 9.59 Å². The molecule has 4 aromatic carbocycles. The Labute approximate surface area is 245 Å². The summed E-state index contributed by atoms with van der Waals surface area (Å²) in [5.74, 6) is -0.532. The van der Waals surface area contributed by atoms with E-state index in [1.807, 2.05) is 55.5 Å². The van der Waals surface area contributed by atoms with Gasteiger partial charge in [0.05, 0.1) is 18.1 Å². The second kappa shape index (κ2) is 12.6. The van der Waals surface area contributed by atoms with Gasteiger partial charge < -0.3 is 20.3 Å². The first-order chi connectivity index (χ1) is 20.2. The van der Waals surface area contributed by atoms with Crippen LogP contribution < -0.4 is 20.3 Å². The van der Waals surface area contributed by atoms with E-state index >= 15 is 0 Å². The lowest BCUT2D eigenvalue weighted by Gasteiger charge is -2.28. The van der Waals surface area contributed by atoms with Gasteiger partial charge in [0.2, 0.25) is 10.0 Å². The average Bonchev–Trinajstić information content (AvgIpc) is 3.02. The van der Waals surface area contributed by atoms with Crippen molar-refractivity contribution in [1.29, 1.82) is 0 Å². The first kappa shape index (κ1) is 29.0. The van der Waals surface area contributed by atoms with Gasteiger partial charge in [-0.2, -0.15) is 0 Å². The molecule has 2 amide bonds. The molecular weight excluding hydrogens is 552 g/mol. The van der Waals surface area contributed by atoms with Gasteiger partial charge in [-0.15, -0.1) is 0 Å². The molecular formula is C32H32N4O5S. The standard InChI is InChI=1S/C32H32N4O5S/c1-22-3-4-25(32(38)35-26-9-13-28(14-10-26)36-17-19-41-20-18-36)21-30(22)23-5-7-24(8-6-23)31(37)34-27-11-15-29(16-12-27)42(39,40)33-2/h3-16,21,33H,17-20H2,1-2H3,(H,34,37)(H,35,38). The molecule has 9 nitrogen and oxygen atoms in total.